The number of halogens is 4. The van der Waals surface area contributed by atoms with Crippen molar-refractivity contribution in [3.05, 3.63) is 62.2 Å². The number of anilines is 1. The van der Waals surface area contributed by atoms with Crippen LogP contribution in [0.25, 0.3) is 0 Å². The lowest BCUT2D eigenvalue weighted by Gasteiger charge is -2.08. The van der Waals surface area contributed by atoms with Crippen molar-refractivity contribution in [3.63, 3.8) is 0 Å². The number of rotatable bonds is 2. The molecule has 2 rings (SSSR count). The fourth-order valence-electron chi connectivity index (χ4n) is 1.46. The Morgan fingerprint density at radius 1 is 1.21 bits per heavy atom. The van der Waals surface area contributed by atoms with Crippen LogP contribution < -0.4 is 5.32 Å². The summed E-state index contributed by atoms with van der Waals surface area (Å²) < 4.78 is 27.4. The third-order valence-corrected chi connectivity index (χ3v) is 3.36. The summed E-state index contributed by atoms with van der Waals surface area (Å²) in [5.74, 6) is -3.00. The van der Waals surface area contributed by atoms with Gasteiger partial charge in [0, 0.05) is 3.57 Å². The van der Waals surface area contributed by atoms with Gasteiger partial charge in [-0.05, 0) is 52.9 Å². The summed E-state index contributed by atoms with van der Waals surface area (Å²) in [4.78, 5) is 11.8. The molecule has 19 heavy (non-hydrogen) atoms. The number of carbonyl (C=O) groups is 1. The van der Waals surface area contributed by atoms with E-state index in [0.29, 0.717) is 10.7 Å². The smallest absolute Gasteiger partial charge is 0.258 e. The lowest BCUT2D eigenvalue weighted by Crippen LogP contribution is -2.14. The van der Waals surface area contributed by atoms with Crippen LogP contribution in [0.15, 0.2) is 36.4 Å². The molecule has 2 nitrogen and oxygen atoms in total. The summed E-state index contributed by atoms with van der Waals surface area (Å²) in [6, 6.07) is 8.41. The summed E-state index contributed by atoms with van der Waals surface area (Å²) in [5, 5.41) is 2.77. The molecule has 6 heteroatoms. The molecular formula is C13H7ClF2INO. The molecule has 0 aromatic heterocycles. The van der Waals surface area contributed by atoms with Crippen molar-refractivity contribution in [2.75, 3.05) is 5.32 Å². The van der Waals surface area contributed by atoms with Crippen LogP contribution in [0, 0.1) is 15.2 Å². The highest BCUT2D eigenvalue weighted by molar-refractivity contribution is 14.1. The second kappa shape index (κ2) is 5.83. The van der Waals surface area contributed by atoms with Gasteiger partial charge in [-0.25, -0.2) is 8.78 Å². The molecule has 0 bridgehead atoms. The van der Waals surface area contributed by atoms with Crippen molar-refractivity contribution >= 4 is 45.8 Å². The molecule has 0 spiro atoms. The van der Waals surface area contributed by atoms with Gasteiger partial charge in [0.15, 0.2) is 11.6 Å². The zero-order valence-corrected chi connectivity index (χ0v) is 12.3. The van der Waals surface area contributed by atoms with E-state index < -0.39 is 17.5 Å². The Hall–Kier alpha value is -1.21. The van der Waals surface area contributed by atoms with Crippen molar-refractivity contribution in [3.8, 4) is 0 Å². The zero-order valence-electron chi connectivity index (χ0n) is 9.38. The predicted octanol–water partition coefficient (Wildman–Crippen LogP) is 4.48. The first-order chi connectivity index (χ1) is 8.99. The quantitative estimate of drug-likeness (QED) is 0.749. The Morgan fingerprint density at radius 3 is 2.63 bits per heavy atom. The minimum absolute atomic E-state index is 0.331. The zero-order chi connectivity index (χ0) is 14.0. The molecule has 0 aliphatic carbocycles. The van der Waals surface area contributed by atoms with Gasteiger partial charge in [-0.15, -0.1) is 0 Å². The molecule has 1 amide bonds. The highest BCUT2D eigenvalue weighted by atomic mass is 127. The number of amides is 1. The third-order valence-electron chi connectivity index (χ3n) is 2.38. The Kier molecular flexibility index (Phi) is 4.36. The molecule has 0 aliphatic rings. The lowest BCUT2D eigenvalue weighted by atomic mass is 10.2. The van der Waals surface area contributed by atoms with Crippen molar-refractivity contribution in [1.29, 1.82) is 0 Å². The van der Waals surface area contributed by atoms with Crippen molar-refractivity contribution in [2.24, 2.45) is 0 Å². The van der Waals surface area contributed by atoms with Crippen LogP contribution >= 0.6 is 34.2 Å². The van der Waals surface area contributed by atoms with E-state index in [0.717, 1.165) is 9.64 Å². The van der Waals surface area contributed by atoms with Crippen LogP contribution in [-0.2, 0) is 0 Å². The van der Waals surface area contributed by atoms with Crippen LogP contribution in [0.5, 0.6) is 0 Å². The normalized spacial score (nSPS) is 10.3. The minimum Gasteiger partial charge on any atom is -0.321 e. The van der Waals surface area contributed by atoms with Gasteiger partial charge in [0.1, 0.15) is 0 Å². The number of nitrogens with one attached hydrogen (secondary N) is 1. The number of benzene rings is 2. The van der Waals surface area contributed by atoms with E-state index in [2.05, 4.69) is 27.9 Å². The lowest BCUT2D eigenvalue weighted by molar-refractivity contribution is 0.102. The van der Waals surface area contributed by atoms with Gasteiger partial charge >= 0.3 is 0 Å². The van der Waals surface area contributed by atoms with E-state index in [1.807, 2.05) is 0 Å². The van der Waals surface area contributed by atoms with Gasteiger partial charge in [-0.2, -0.15) is 0 Å². The summed E-state index contributed by atoms with van der Waals surface area (Å²) in [6.45, 7) is 0. The first-order valence-electron chi connectivity index (χ1n) is 5.19. The maximum absolute atomic E-state index is 13.4. The monoisotopic (exact) mass is 393 g/mol. The van der Waals surface area contributed by atoms with Gasteiger partial charge in [0.05, 0.1) is 16.3 Å². The molecular weight excluding hydrogens is 387 g/mol. The summed E-state index contributed by atoms with van der Waals surface area (Å²) in [5.41, 5.74) is -0.0228. The summed E-state index contributed by atoms with van der Waals surface area (Å²) in [6.07, 6.45) is 0. The molecule has 0 atom stereocenters. The van der Waals surface area contributed by atoms with Crippen LogP contribution in [0.4, 0.5) is 14.5 Å². The van der Waals surface area contributed by atoms with Crippen molar-refractivity contribution in [1.82, 2.24) is 0 Å². The minimum atomic E-state index is -1.18. The first-order valence-corrected chi connectivity index (χ1v) is 6.65. The predicted molar refractivity (Wildman–Crippen MR) is 78.5 cm³/mol. The number of hydrogen-bond acceptors (Lipinski definition) is 1. The first kappa shape index (κ1) is 14.2. The van der Waals surface area contributed by atoms with Crippen LogP contribution in [-0.4, -0.2) is 5.91 Å². The maximum Gasteiger partial charge on any atom is 0.258 e. The van der Waals surface area contributed by atoms with Gasteiger partial charge in [0.2, 0.25) is 0 Å². The van der Waals surface area contributed by atoms with Crippen molar-refractivity contribution in [2.45, 2.75) is 0 Å². The maximum atomic E-state index is 13.4. The molecule has 1 N–H and O–H groups in total. The Balaban J connectivity index is 2.28. The topological polar surface area (TPSA) is 29.1 Å². The van der Waals surface area contributed by atoms with Gasteiger partial charge in [-0.3, -0.25) is 4.79 Å². The average molecular weight is 394 g/mol. The molecule has 0 heterocycles. The van der Waals surface area contributed by atoms with Crippen LogP contribution in [0.2, 0.25) is 5.02 Å². The Bertz CT molecular complexity index is 649. The van der Waals surface area contributed by atoms with E-state index in [-0.39, 0.29) is 5.56 Å². The second-order valence-electron chi connectivity index (χ2n) is 3.68. The van der Waals surface area contributed by atoms with E-state index in [1.54, 1.807) is 18.2 Å². The second-order valence-corrected chi connectivity index (χ2v) is 5.33. The van der Waals surface area contributed by atoms with E-state index in [4.69, 9.17) is 11.6 Å². The standard InChI is InChI=1S/C13H7ClF2INO/c14-9-6-7(17)4-5-11(9)18-13(19)8-2-1-3-10(15)12(8)16/h1-6H,(H,18,19). The molecule has 0 radical (unpaired) electrons. The van der Waals surface area contributed by atoms with Gasteiger partial charge < -0.3 is 5.32 Å². The molecule has 0 saturated heterocycles. The molecule has 0 unspecified atom stereocenters. The molecule has 2 aromatic carbocycles. The fourth-order valence-corrected chi connectivity index (χ4v) is 2.36. The summed E-state index contributed by atoms with van der Waals surface area (Å²) >= 11 is 8.02. The SMILES string of the molecule is O=C(Nc1ccc(I)cc1Cl)c1cccc(F)c1F. The molecule has 0 aliphatic heterocycles. The highest BCUT2D eigenvalue weighted by Crippen LogP contribution is 2.24. The van der Waals surface area contributed by atoms with Crippen molar-refractivity contribution < 1.29 is 13.6 Å². The fraction of sp³-hybridized carbons (Fsp3) is 0. The highest BCUT2D eigenvalue weighted by Gasteiger charge is 2.16. The Morgan fingerprint density at radius 2 is 1.95 bits per heavy atom. The Labute approximate surface area is 126 Å². The molecule has 0 fully saturated rings. The van der Waals surface area contributed by atoms with Crippen LogP contribution in [0.1, 0.15) is 10.4 Å². The number of carbonyl (C=O) groups excluding carboxylic acids is 1. The summed E-state index contributed by atoms with van der Waals surface area (Å²) in [7, 11) is 0. The van der Waals surface area contributed by atoms with Crippen LogP contribution in [0.3, 0.4) is 0 Å². The van der Waals surface area contributed by atoms with E-state index >= 15 is 0 Å². The molecule has 2 aromatic rings. The molecule has 0 saturated carbocycles. The van der Waals surface area contributed by atoms with Gasteiger partial charge in [-0.1, -0.05) is 17.7 Å². The number of hydrogen-bond donors (Lipinski definition) is 1. The third kappa shape index (κ3) is 3.22. The average Bonchev–Trinajstić information content (AvgIpc) is 2.36. The van der Waals surface area contributed by atoms with E-state index in [9.17, 15) is 13.6 Å². The largest absolute Gasteiger partial charge is 0.321 e. The molecule has 98 valence electrons. The van der Waals surface area contributed by atoms with Gasteiger partial charge in [0.25, 0.3) is 5.91 Å². The van der Waals surface area contributed by atoms with E-state index in [1.165, 1.54) is 12.1 Å².